The van der Waals surface area contributed by atoms with E-state index in [1.807, 2.05) is 0 Å². The zero-order chi connectivity index (χ0) is 13.4. The Labute approximate surface area is 116 Å². The third-order valence-electron chi connectivity index (χ3n) is 5.18. The van der Waals surface area contributed by atoms with E-state index in [4.69, 9.17) is 5.10 Å². The number of hydrogen-bond acceptors (Lipinski definition) is 2. The van der Waals surface area contributed by atoms with Gasteiger partial charge < -0.3 is 5.32 Å². The minimum Gasteiger partial charge on any atom is -0.316 e. The Morgan fingerprint density at radius 2 is 2.00 bits per heavy atom. The van der Waals surface area contributed by atoms with Crippen LogP contribution in [0.15, 0.2) is 12.3 Å². The average Bonchev–Trinajstić information content (AvgIpc) is 2.93. The maximum absolute atomic E-state index is 4.70. The van der Waals surface area contributed by atoms with E-state index in [0.29, 0.717) is 12.1 Å². The van der Waals surface area contributed by atoms with Crippen LogP contribution >= 0.6 is 0 Å². The van der Waals surface area contributed by atoms with Gasteiger partial charge in [-0.25, -0.2) is 0 Å². The molecule has 2 aliphatic rings. The number of rotatable bonds is 5. The van der Waals surface area contributed by atoms with Crippen LogP contribution in [0.4, 0.5) is 0 Å². The molecule has 3 heteroatoms. The summed E-state index contributed by atoms with van der Waals surface area (Å²) in [6.45, 7) is 4.36. The van der Waals surface area contributed by atoms with Crippen LogP contribution in [0.25, 0.3) is 0 Å². The summed E-state index contributed by atoms with van der Waals surface area (Å²) in [4.78, 5) is 0. The fourth-order valence-corrected chi connectivity index (χ4v) is 4.07. The summed E-state index contributed by atoms with van der Waals surface area (Å²) in [6, 6.07) is 3.28. The van der Waals surface area contributed by atoms with E-state index in [0.717, 1.165) is 24.2 Å². The van der Waals surface area contributed by atoms with Crippen molar-refractivity contribution in [1.82, 2.24) is 15.1 Å². The molecule has 3 unspecified atom stereocenters. The summed E-state index contributed by atoms with van der Waals surface area (Å²) < 4.78 is 2.07. The number of nitrogens with zero attached hydrogens (tertiary/aromatic N) is 2. The summed E-state index contributed by atoms with van der Waals surface area (Å²) in [5.74, 6) is 2.94. The van der Waals surface area contributed by atoms with Crippen LogP contribution in [-0.2, 0) is 6.42 Å². The maximum atomic E-state index is 4.70. The number of nitrogens with one attached hydrogen (secondary N) is 1. The highest BCUT2D eigenvalue weighted by atomic mass is 15.3. The molecule has 3 nitrogen and oxygen atoms in total. The molecule has 1 heterocycles. The fraction of sp³-hybridized carbons (Fsp3) is 0.812. The molecule has 106 valence electrons. The second-order valence-corrected chi connectivity index (χ2v) is 6.67. The second kappa shape index (κ2) is 5.28. The van der Waals surface area contributed by atoms with Gasteiger partial charge in [0, 0.05) is 24.7 Å². The zero-order valence-electron chi connectivity index (χ0n) is 12.5. The summed E-state index contributed by atoms with van der Waals surface area (Å²) in [5, 5.41) is 8.26. The van der Waals surface area contributed by atoms with Crippen LogP contribution < -0.4 is 5.32 Å². The Hall–Kier alpha value is -0.830. The van der Waals surface area contributed by atoms with Crippen molar-refractivity contribution >= 4 is 0 Å². The first-order valence-electron chi connectivity index (χ1n) is 7.92. The van der Waals surface area contributed by atoms with Crippen molar-refractivity contribution in [3.05, 3.63) is 18.0 Å². The molecule has 0 amide bonds. The zero-order valence-corrected chi connectivity index (χ0v) is 12.5. The predicted octanol–water partition coefficient (Wildman–Crippen LogP) is 3.03. The molecule has 3 atom stereocenters. The van der Waals surface area contributed by atoms with Gasteiger partial charge in [-0.05, 0) is 57.6 Å². The van der Waals surface area contributed by atoms with Crippen LogP contribution in [0.2, 0.25) is 0 Å². The van der Waals surface area contributed by atoms with Crippen molar-refractivity contribution in [2.45, 2.75) is 58.0 Å². The predicted molar refractivity (Wildman–Crippen MR) is 78.1 cm³/mol. The summed E-state index contributed by atoms with van der Waals surface area (Å²) in [5.41, 5.74) is 1.25. The van der Waals surface area contributed by atoms with Crippen LogP contribution in [0.5, 0.6) is 0 Å². The van der Waals surface area contributed by atoms with Gasteiger partial charge in [0.25, 0.3) is 0 Å². The van der Waals surface area contributed by atoms with Crippen LogP contribution in [0.3, 0.4) is 0 Å². The normalized spacial score (nSPS) is 31.3. The number of likely N-dealkylation sites (N-methyl/N-ethyl adjacent to an activating group) is 1. The van der Waals surface area contributed by atoms with E-state index in [1.165, 1.54) is 31.4 Å². The molecule has 2 saturated carbocycles. The Bertz CT molecular complexity index is 411. The molecule has 1 aromatic rings. The molecule has 0 radical (unpaired) electrons. The van der Waals surface area contributed by atoms with Crippen LogP contribution in [0.1, 0.15) is 51.3 Å². The van der Waals surface area contributed by atoms with E-state index in [9.17, 15) is 0 Å². The molecule has 0 aromatic carbocycles. The Balaban J connectivity index is 1.63. The van der Waals surface area contributed by atoms with Crippen molar-refractivity contribution in [3.63, 3.8) is 0 Å². The van der Waals surface area contributed by atoms with Gasteiger partial charge in [0.1, 0.15) is 0 Å². The van der Waals surface area contributed by atoms with E-state index in [2.05, 4.69) is 43.2 Å². The minimum absolute atomic E-state index is 0.463. The quantitative estimate of drug-likeness (QED) is 0.883. The van der Waals surface area contributed by atoms with Crippen molar-refractivity contribution in [2.24, 2.45) is 17.8 Å². The van der Waals surface area contributed by atoms with E-state index < -0.39 is 0 Å². The van der Waals surface area contributed by atoms with E-state index >= 15 is 0 Å². The molecule has 0 saturated heterocycles. The first-order chi connectivity index (χ1) is 9.20. The van der Waals surface area contributed by atoms with Gasteiger partial charge in [0.15, 0.2) is 0 Å². The molecule has 2 fully saturated rings. The lowest BCUT2D eigenvalue weighted by Crippen LogP contribution is -2.31. The minimum atomic E-state index is 0.463. The SMILES string of the molecule is CNC(Cc1ccn(C(C)C)n1)C1C2CCCCC21. The summed E-state index contributed by atoms with van der Waals surface area (Å²) in [6.07, 6.45) is 9.05. The largest absolute Gasteiger partial charge is 0.316 e. The van der Waals surface area contributed by atoms with Gasteiger partial charge in [-0.1, -0.05) is 12.8 Å². The molecule has 3 rings (SSSR count). The molecule has 1 aromatic heterocycles. The standard InChI is InChI=1S/C16H27N3/c1-11(2)19-9-8-12(18-19)10-15(17-3)16-13-6-4-5-7-14(13)16/h8-9,11,13-17H,4-7,10H2,1-3H3. The molecule has 0 bridgehead atoms. The Kier molecular flexibility index (Phi) is 3.66. The summed E-state index contributed by atoms with van der Waals surface area (Å²) in [7, 11) is 2.12. The molecule has 19 heavy (non-hydrogen) atoms. The van der Waals surface area contributed by atoms with Crippen molar-refractivity contribution in [3.8, 4) is 0 Å². The Morgan fingerprint density at radius 1 is 1.32 bits per heavy atom. The van der Waals surface area contributed by atoms with E-state index in [1.54, 1.807) is 0 Å². The topological polar surface area (TPSA) is 29.9 Å². The third-order valence-corrected chi connectivity index (χ3v) is 5.18. The van der Waals surface area contributed by atoms with Gasteiger partial charge in [0.05, 0.1) is 5.69 Å². The highest BCUT2D eigenvalue weighted by Crippen LogP contribution is 2.57. The first-order valence-corrected chi connectivity index (χ1v) is 7.92. The first kappa shape index (κ1) is 13.2. The van der Waals surface area contributed by atoms with E-state index in [-0.39, 0.29) is 0 Å². The monoisotopic (exact) mass is 261 g/mol. The van der Waals surface area contributed by atoms with Gasteiger partial charge in [-0.3, -0.25) is 4.68 Å². The van der Waals surface area contributed by atoms with Gasteiger partial charge in [-0.2, -0.15) is 5.10 Å². The average molecular weight is 261 g/mol. The molecular formula is C16H27N3. The Morgan fingerprint density at radius 3 is 2.53 bits per heavy atom. The molecule has 0 aliphatic heterocycles. The second-order valence-electron chi connectivity index (χ2n) is 6.67. The highest BCUT2D eigenvalue weighted by Gasteiger charge is 2.53. The number of hydrogen-bond donors (Lipinski definition) is 1. The van der Waals surface area contributed by atoms with Crippen molar-refractivity contribution < 1.29 is 0 Å². The van der Waals surface area contributed by atoms with Crippen LogP contribution in [-0.4, -0.2) is 22.9 Å². The summed E-state index contributed by atoms with van der Waals surface area (Å²) >= 11 is 0. The number of aromatic nitrogens is 2. The van der Waals surface area contributed by atoms with Crippen molar-refractivity contribution in [1.29, 1.82) is 0 Å². The van der Waals surface area contributed by atoms with Crippen molar-refractivity contribution in [2.75, 3.05) is 7.05 Å². The lowest BCUT2D eigenvalue weighted by Gasteiger charge is -2.15. The highest BCUT2D eigenvalue weighted by molar-refractivity contribution is 5.10. The van der Waals surface area contributed by atoms with Gasteiger partial charge in [0.2, 0.25) is 0 Å². The van der Waals surface area contributed by atoms with Crippen LogP contribution in [0, 0.1) is 17.8 Å². The molecular weight excluding hydrogens is 234 g/mol. The molecule has 0 spiro atoms. The maximum Gasteiger partial charge on any atom is 0.0640 e. The third kappa shape index (κ3) is 2.58. The van der Waals surface area contributed by atoms with Gasteiger partial charge >= 0.3 is 0 Å². The van der Waals surface area contributed by atoms with Gasteiger partial charge in [-0.15, -0.1) is 0 Å². The lowest BCUT2D eigenvalue weighted by molar-refractivity contribution is 0.449. The molecule has 2 aliphatic carbocycles. The fourth-order valence-electron chi connectivity index (χ4n) is 4.07. The molecule has 1 N–H and O–H groups in total. The lowest BCUT2D eigenvalue weighted by atomic mass is 10.0. The smallest absolute Gasteiger partial charge is 0.0640 e. The number of fused-ring (bicyclic) bond motifs is 1.